The van der Waals surface area contributed by atoms with Crippen molar-refractivity contribution in [1.82, 2.24) is 4.90 Å². The van der Waals surface area contributed by atoms with Crippen LogP contribution in [0.3, 0.4) is 0 Å². The predicted molar refractivity (Wildman–Crippen MR) is 71.4 cm³/mol. The molecule has 0 fully saturated rings. The summed E-state index contributed by atoms with van der Waals surface area (Å²) in [6, 6.07) is 8.55. The number of rotatable bonds is 4. The lowest BCUT2D eigenvalue weighted by atomic mass is 9.95. The predicted octanol–water partition coefficient (Wildman–Crippen LogP) is 3.45. The lowest BCUT2D eigenvalue weighted by molar-refractivity contribution is 0.106. The van der Waals surface area contributed by atoms with Crippen LogP contribution in [-0.2, 0) is 0 Å². The Kier molecular flexibility index (Phi) is 3.98. The average molecular weight is 220 g/mol. The zero-order chi connectivity index (χ0) is 12.3. The molecule has 0 aliphatic rings. The highest BCUT2D eigenvalue weighted by Crippen LogP contribution is 2.28. The molecule has 0 bridgehead atoms. The molecule has 0 radical (unpaired) electrons. The first-order chi connectivity index (χ1) is 7.38. The second-order valence-corrected chi connectivity index (χ2v) is 5.12. The van der Waals surface area contributed by atoms with Crippen LogP contribution < -0.4 is 5.73 Å². The van der Waals surface area contributed by atoms with E-state index >= 15 is 0 Å². The van der Waals surface area contributed by atoms with Crippen LogP contribution in [0.4, 0.5) is 5.69 Å². The van der Waals surface area contributed by atoms with Gasteiger partial charge in [-0.1, -0.05) is 19.1 Å². The Hall–Kier alpha value is -1.02. The van der Waals surface area contributed by atoms with E-state index in [4.69, 9.17) is 5.73 Å². The summed E-state index contributed by atoms with van der Waals surface area (Å²) in [6.45, 7) is 9.00. The summed E-state index contributed by atoms with van der Waals surface area (Å²) < 4.78 is 0. The maximum Gasteiger partial charge on any atom is 0.0322 e. The Morgan fingerprint density at radius 2 is 2.00 bits per heavy atom. The van der Waals surface area contributed by atoms with Crippen LogP contribution in [-0.4, -0.2) is 17.5 Å². The van der Waals surface area contributed by atoms with Gasteiger partial charge in [-0.25, -0.2) is 0 Å². The molecule has 1 aromatic carbocycles. The number of nitrogen functional groups attached to an aromatic ring is 1. The minimum absolute atomic E-state index is 0.212. The van der Waals surface area contributed by atoms with Gasteiger partial charge in [0.05, 0.1) is 0 Å². The highest BCUT2D eigenvalue weighted by molar-refractivity contribution is 5.41. The van der Waals surface area contributed by atoms with Gasteiger partial charge in [-0.3, -0.25) is 4.90 Å². The van der Waals surface area contributed by atoms with E-state index in [1.807, 2.05) is 12.1 Å². The number of anilines is 1. The summed E-state index contributed by atoms with van der Waals surface area (Å²) >= 11 is 0. The maximum absolute atomic E-state index is 5.82. The zero-order valence-corrected chi connectivity index (χ0v) is 11.1. The summed E-state index contributed by atoms with van der Waals surface area (Å²) in [5, 5.41) is 0. The minimum atomic E-state index is 0.212. The molecule has 0 saturated carbocycles. The van der Waals surface area contributed by atoms with Crippen molar-refractivity contribution in [3.8, 4) is 0 Å². The van der Waals surface area contributed by atoms with Gasteiger partial charge in [0, 0.05) is 17.3 Å². The van der Waals surface area contributed by atoms with Gasteiger partial charge in [0.25, 0.3) is 0 Å². The van der Waals surface area contributed by atoms with Gasteiger partial charge in [-0.15, -0.1) is 0 Å². The van der Waals surface area contributed by atoms with Crippen molar-refractivity contribution in [2.24, 2.45) is 0 Å². The number of nitrogens with zero attached hydrogens (tertiary/aromatic N) is 1. The Morgan fingerprint density at radius 1 is 1.38 bits per heavy atom. The summed E-state index contributed by atoms with van der Waals surface area (Å²) in [6.07, 6.45) is 1.14. The second-order valence-electron chi connectivity index (χ2n) is 5.12. The summed E-state index contributed by atoms with van der Waals surface area (Å²) in [4.78, 5) is 2.40. The van der Waals surface area contributed by atoms with Crippen molar-refractivity contribution in [2.45, 2.75) is 45.7 Å². The van der Waals surface area contributed by atoms with Crippen LogP contribution in [0, 0.1) is 0 Å². The minimum Gasteiger partial charge on any atom is -0.399 e. The number of benzene rings is 1. The Balaban J connectivity index is 2.90. The molecule has 0 aliphatic heterocycles. The van der Waals surface area contributed by atoms with E-state index in [9.17, 15) is 0 Å². The molecule has 0 saturated heterocycles. The van der Waals surface area contributed by atoms with Gasteiger partial charge in [-0.05, 0) is 51.9 Å². The fourth-order valence-electron chi connectivity index (χ4n) is 1.82. The van der Waals surface area contributed by atoms with E-state index in [2.05, 4.69) is 51.8 Å². The van der Waals surface area contributed by atoms with E-state index < -0.39 is 0 Å². The Bertz CT molecular complexity index is 344. The van der Waals surface area contributed by atoms with Crippen LogP contribution in [0.25, 0.3) is 0 Å². The van der Waals surface area contributed by atoms with Gasteiger partial charge >= 0.3 is 0 Å². The van der Waals surface area contributed by atoms with Crippen molar-refractivity contribution >= 4 is 5.69 Å². The molecular weight excluding hydrogens is 196 g/mol. The zero-order valence-electron chi connectivity index (χ0n) is 11.1. The molecule has 0 aliphatic carbocycles. The third-order valence-corrected chi connectivity index (χ3v) is 3.79. The molecule has 0 aromatic heterocycles. The number of hydrogen-bond donors (Lipinski definition) is 1. The molecule has 0 amide bonds. The van der Waals surface area contributed by atoms with Gasteiger partial charge in [0.1, 0.15) is 0 Å². The first kappa shape index (κ1) is 13.0. The van der Waals surface area contributed by atoms with Crippen LogP contribution in [0.15, 0.2) is 24.3 Å². The third kappa shape index (κ3) is 2.76. The fourth-order valence-corrected chi connectivity index (χ4v) is 1.82. The lowest BCUT2D eigenvalue weighted by Crippen LogP contribution is -2.41. The molecule has 1 unspecified atom stereocenters. The largest absolute Gasteiger partial charge is 0.399 e. The molecule has 1 atom stereocenters. The highest BCUT2D eigenvalue weighted by Gasteiger charge is 2.26. The third-order valence-electron chi connectivity index (χ3n) is 3.79. The van der Waals surface area contributed by atoms with Gasteiger partial charge < -0.3 is 5.73 Å². The fraction of sp³-hybridized carbons (Fsp3) is 0.571. The summed E-state index contributed by atoms with van der Waals surface area (Å²) in [5.41, 5.74) is 8.15. The second kappa shape index (κ2) is 4.88. The van der Waals surface area contributed by atoms with Crippen molar-refractivity contribution < 1.29 is 0 Å². The average Bonchev–Trinajstić information content (AvgIpc) is 2.27. The summed E-state index contributed by atoms with van der Waals surface area (Å²) in [7, 11) is 2.18. The summed E-state index contributed by atoms with van der Waals surface area (Å²) in [5.74, 6) is 0. The van der Waals surface area contributed by atoms with Crippen molar-refractivity contribution in [3.05, 3.63) is 29.8 Å². The SMILES string of the molecule is CCC(C)(C)N(C)C(C)c1cccc(N)c1. The number of hydrogen-bond acceptors (Lipinski definition) is 2. The van der Waals surface area contributed by atoms with E-state index in [-0.39, 0.29) is 5.54 Å². The molecule has 1 rings (SSSR count). The smallest absolute Gasteiger partial charge is 0.0322 e. The normalized spacial score (nSPS) is 14.1. The molecular formula is C14H24N2. The topological polar surface area (TPSA) is 29.3 Å². The molecule has 0 spiro atoms. The molecule has 16 heavy (non-hydrogen) atoms. The quantitative estimate of drug-likeness (QED) is 0.787. The first-order valence-corrected chi connectivity index (χ1v) is 5.97. The molecule has 90 valence electrons. The van der Waals surface area contributed by atoms with Crippen molar-refractivity contribution in [2.75, 3.05) is 12.8 Å². The van der Waals surface area contributed by atoms with E-state index in [0.717, 1.165) is 12.1 Å². The molecule has 2 N–H and O–H groups in total. The molecule has 0 heterocycles. The Morgan fingerprint density at radius 3 is 2.50 bits per heavy atom. The van der Waals surface area contributed by atoms with Crippen LogP contribution in [0.5, 0.6) is 0 Å². The molecule has 1 aromatic rings. The monoisotopic (exact) mass is 220 g/mol. The van der Waals surface area contributed by atoms with Crippen LogP contribution in [0.1, 0.15) is 45.7 Å². The van der Waals surface area contributed by atoms with Gasteiger partial charge in [0.15, 0.2) is 0 Å². The maximum atomic E-state index is 5.82. The Labute approximate surface area is 99.5 Å². The van der Waals surface area contributed by atoms with E-state index in [0.29, 0.717) is 6.04 Å². The van der Waals surface area contributed by atoms with E-state index in [1.54, 1.807) is 0 Å². The molecule has 2 nitrogen and oxygen atoms in total. The lowest BCUT2D eigenvalue weighted by Gasteiger charge is -2.39. The number of nitrogens with two attached hydrogens (primary N) is 1. The molecule has 2 heteroatoms. The van der Waals surface area contributed by atoms with Gasteiger partial charge in [-0.2, -0.15) is 0 Å². The van der Waals surface area contributed by atoms with Crippen LogP contribution >= 0.6 is 0 Å². The van der Waals surface area contributed by atoms with Crippen LogP contribution in [0.2, 0.25) is 0 Å². The van der Waals surface area contributed by atoms with Crippen molar-refractivity contribution in [1.29, 1.82) is 0 Å². The van der Waals surface area contributed by atoms with Gasteiger partial charge in [0.2, 0.25) is 0 Å². The standard InChI is InChI=1S/C14H24N2/c1-6-14(3,4)16(5)11(2)12-8-7-9-13(15)10-12/h7-11H,6,15H2,1-5H3. The van der Waals surface area contributed by atoms with E-state index in [1.165, 1.54) is 5.56 Å². The highest BCUT2D eigenvalue weighted by atomic mass is 15.2. The first-order valence-electron chi connectivity index (χ1n) is 5.97. The van der Waals surface area contributed by atoms with Crippen molar-refractivity contribution in [3.63, 3.8) is 0 Å².